The maximum Gasteiger partial charge on any atom is 0.221 e. The Morgan fingerprint density at radius 2 is 2.06 bits per heavy atom. The minimum atomic E-state index is 0.278. The van der Waals surface area contributed by atoms with Gasteiger partial charge in [-0.3, -0.25) is 0 Å². The first-order valence-corrected chi connectivity index (χ1v) is 5.50. The van der Waals surface area contributed by atoms with Gasteiger partial charge < -0.3 is 10.5 Å². The molecule has 0 bridgehead atoms. The van der Waals surface area contributed by atoms with Crippen LogP contribution in [0.1, 0.15) is 0 Å². The maximum atomic E-state index is 5.52. The molecule has 5 heteroatoms. The third-order valence-corrected chi connectivity index (χ3v) is 2.93. The van der Waals surface area contributed by atoms with Gasteiger partial charge in [0.25, 0.3) is 0 Å². The minimum Gasteiger partial charge on any atom is -0.496 e. The number of aromatic nitrogens is 2. The van der Waals surface area contributed by atoms with Crippen molar-refractivity contribution in [2.45, 2.75) is 9.92 Å². The first-order valence-electron chi connectivity index (χ1n) is 4.69. The quantitative estimate of drug-likeness (QED) is 0.824. The Hall–Kier alpha value is -1.75. The first-order chi connectivity index (χ1) is 7.79. The monoisotopic (exact) mass is 233 g/mol. The molecular formula is C11H11N3OS. The van der Waals surface area contributed by atoms with E-state index in [0.717, 1.165) is 15.7 Å². The lowest BCUT2D eigenvalue weighted by atomic mass is 10.3. The molecule has 16 heavy (non-hydrogen) atoms. The van der Waals surface area contributed by atoms with Crippen LogP contribution in [0.25, 0.3) is 0 Å². The number of methoxy groups -OCH3 is 1. The highest BCUT2D eigenvalue weighted by Crippen LogP contribution is 2.33. The zero-order chi connectivity index (χ0) is 11.4. The predicted octanol–water partition coefficient (Wildman–Crippen LogP) is 2.22. The summed E-state index contributed by atoms with van der Waals surface area (Å²) in [5, 5.41) is 0.803. The van der Waals surface area contributed by atoms with Crippen LogP contribution >= 0.6 is 11.8 Å². The fourth-order valence-electron chi connectivity index (χ4n) is 1.23. The van der Waals surface area contributed by atoms with E-state index >= 15 is 0 Å². The van der Waals surface area contributed by atoms with Gasteiger partial charge in [-0.15, -0.1) is 0 Å². The first kappa shape index (κ1) is 10.8. The Balaban J connectivity index is 2.26. The van der Waals surface area contributed by atoms with Gasteiger partial charge in [-0.1, -0.05) is 23.9 Å². The molecule has 0 radical (unpaired) electrons. The van der Waals surface area contributed by atoms with Crippen molar-refractivity contribution >= 4 is 17.7 Å². The number of anilines is 1. The summed E-state index contributed by atoms with van der Waals surface area (Å²) in [5.74, 6) is 1.10. The van der Waals surface area contributed by atoms with Crippen LogP contribution in [-0.2, 0) is 0 Å². The van der Waals surface area contributed by atoms with Crippen LogP contribution in [0.15, 0.2) is 46.5 Å². The van der Waals surface area contributed by atoms with Crippen LogP contribution in [0.5, 0.6) is 5.75 Å². The highest BCUT2D eigenvalue weighted by atomic mass is 32.2. The van der Waals surface area contributed by atoms with E-state index in [4.69, 9.17) is 10.5 Å². The lowest BCUT2D eigenvalue weighted by molar-refractivity contribution is 0.405. The average Bonchev–Trinajstić information content (AvgIpc) is 2.30. The molecular weight excluding hydrogens is 222 g/mol. The van der Waals surface area contributed by atoms with Crippen LogP contribution in [0.4, 0.5) is 5.95 Å². The zero-order valence-electron chi connectivity index (χ0n) is 8.75. The van der Waals surface area contributed by atoms with E-state index in [-0.39, 0.29) is 5.95 Å². The molecule has 0 atom stereocenters. The Morgan fingerprint density at radius 1 is 1.25 bits per heavy atom. The van der Waals surface area contributed by atoms with Gasteiger partial charge in [0.15, 0.2) is 0 Å². The van der Waals surface area contributed by atoms with E-state index in [1.54, 1.807) is 13.3 Å². The van der Waals surface area contributed by atoms with Crippen LogP contribution in [-0.4, -0.2) is 17.1 Å². The van der Waals surface area contributed by atoms with Crippen molar-refractivity contribution in [1.29, 1.82) is 0 Å². The van der Waals surface area contributed by atoms with E-state index in [0.29, 0.717) is 0 Å². The summed E-state index contributed by atoms with van der Waals surface area (Å²) in [6.45, 7) is 0. The number of hydrogen-bond acceptors (Lipinski definition) is 5. The summed E-state index contributed by atoms with van der Waals surface area (Å²) in [7, 11) is 1.65. The van der Waals surface area contributed by atoms with Gasteiger partial charge in [-0.25, -0.2) is 9.97 Å². The van der Waals surface area contributed by atoms with Crippen molar-refractivity contribution in [2.75, 3.05) is 12.8 Å². The fraction of sp³-hybridized carbons (Fsp3) is 0.0909. The van der Waals surface area contributed by atoms with Gasteiger partial charge in [-0.05, 0) is 18.2 Å². The summed E-state index contributed by atoms with van der Waals surface area (Å²) in [4.78, 5) is 8.97. The number of rotatable bonds is 3. The third kappa shape index (κ3) is 2.43. The lowest BCUT2D eigenvalue weighted by Gasteiger charge is -2.06. The van der Waals surface area contributed by atoms with Gasteiger partial charge in [-0.2, -0.15) is 0 Å². The van der Waals surface area contributed by atoms with E-state index in [1.807, 2.05) is 30.3 Å². The number of hydrogen-bond donors (Lipinski definition) is 1. The van der Waals surface area contributed by atoms with Crippen LogP contribution in [0, 0.1) is 0 Å². The van der Waals surface area contributed by atoms with Crippen molar-refractivity contribution < 1.29 is 4.74 Å². The third-order valence-electron chi connectivity index (χ3n) is 1.93. The van der Waals surface area contributed by atoms with Gasteiger partial charge in [0.05, 0.1) is 12.0 Å². The molecule has 1 heterocycles. The van der Waals surface area contributed by atoms with Gasteiger partial charge in [0.2, 0.25) is 5.95 Å². The molecule has 0 aliphatic carbocycles. The molecule has 2 rings (SSSR count). The zero-order valence-corrected chi connectivity index (χ0v) is 9.57. The largest absolute Gasteiger partial charge is 0.496 e. The van der Waals surface area contributed by atoms with E-state index in [1.165, 1.54) is 11.8 Å². The highest BCUT2D eigenvalue weighted by molar-refractivity contribution is 7.99. The summed E-state index contributed by atoms with van der Waals surface area (Å²) >= 11 is 1.50. The molecule has 0 saturated carbocycles. The minimum absolute atomic E-state index is 0.278. The molecule has 4 nitrogen and oxygen atoms in total. The maximum absolute atomic E-state index is 5.52. The summed E-state index contributed by atoms with van der Waals surface area (Å²) < 4.78 is 5.25. The highest BCUT2D eigenvalue weighted by Gasteiger charge is 2.05. The second-order valence-corrected chi connectivity index (χ2v) is 4.07. The number of nitrogens with two attached hydrogens (primary N) is 1. The molecule has 1 aromatic carbocycles. The second kappa shape index (κ2) is 4.85. The summed E-state index contributed by atoms with van der Waals surface area (Å²) in [5.41, 5.74) is 5.52. The Labute approximate surface area is 97.9 Å². The van der Waals surface area contributed by atoms with Crippen LogP contribution in [0.2, 0.25) is 0 Å². The van der Waals surface area contributed by atoms with Crippen molar-refractivity contribution in [3.05, 3.63) is 36.5 Å². The normalized spacial score (nSPS) is 10.1. The standard InChI is InChI=1S/C11H11N3OS/c1-15-8-4-2-3-5-9(8)16-10-6-7-13-11(12)14-10/h2-7H,1H3,(H2,12,13,14). The molecule has 0 spiro atoms. The molecule has 0 amide bonds. The van der Waals surface area contributed by atoms with Gasteiger partial charge >= 0.3 is 0 Å². The molecule has 0 aliphatic rings. The summed E-state index contributed by atoms with van der Waals surface area (Å²) in [6, 6.07) is 9.58. The van der Waals surface area contributed by atoms with Gasteiger partial charge in [0.1, 0.15) is 10.8 Å². The number of ether oxygens (including phenoxy) is 1. The second-order valence-electron chi connectivity index (χ2n) is 3.01. The molecule has 2 aromatic rings. The molecule has 0 fully saturated rings. The van der Waals surface area contributed by atoms with Crippen LogP contribution < -0.4 is 10.5 Å². The molecule has 0 aliphatic heterocycles. The summed E-state index contributed by atoms with van der Waals surface area (Å²) in [6.07, 6.45) is 1.64. The lowest BCUT2D eigenvalue weighted by Crippen LogP contribution is -1.94. The Bertz CT molecular complexity index is 490. The van der Waals surface area contributed by atoms with Crippen molar-refractivity contribution in [1.82, 2.24) is 9.97 Å². The molecule has 82 valence electrons. The number of para-hydroxylation sites is 1. The van der Waals surface area contributed by atoms with Crippen molar-refractivity contribution in [3.63, 3.8) is 0 Å². The van der Waals surface area contributed by atoms with Crippen molar-refractivity contribution in [3.8, 4) is 5.75 Å². The number of benzene rings is 1. The fourth-order valence-corrected chi connectivity index (χ4v) is 2.12. The topological polar surface area (TPSA) is 61.0 Å². The van der Waals surface area contributed by atoms with Crippen molar-refractivity contribution in [2.24, 2.45) is 0 Å². The number of nitrogens with zero attached hydrogens (tertiary/aromatic N) is 2. The van der Waals surface area contributed by atoms with Gasteiger partial charge in [0, 0.05) is 6.20 Å². The van der Waals surface area contributed by atoms with E-state index in [2.05, 4.69) is 9.97 Å². The Morgan fingerprint density at radius 3 is 2.81 bits per heavy atom. The average molecular weight is 233 g/mol. The van der Waals surface area contributed by atoms with E-state index < -0.39 is 0 Å². The molecule has 0 saturated heterocycles. The molecule has 1 aromatic heterocycles. The molecule has 0 unspecified atom stereocenters. The van der Waals surface area contributed by atoms with Crippen LogP contribution in [0.3, 0.4) is 0 Å². The smallest absolute Gasteiger partial charge is 0.221 e. The Kier molecular flexibility index (Phi) is 3.26. The predicted molar refractivity (Wildman–Crippen MR) is 63.6 cm³/mol. The number of nitrogen functional groups attached to an aromatic ring is 1. The SMILES string of the molecule is COc1ccccc1Sc1ccnc(N)n1. The van der Waals surface area contributed by atoms with E-state index in [9.17, 15) is 0 Å². The molecule has 2 N–H and O–H groups in total.